The van der Waals surface area contributed by atoms with Crippen molar-refractivity contribution in [2.45, 2.75) is 82.5 Å². The number of carbonyl (C=O) groups excluding carboxylic acids is 4. The van der Waals surface area contributed by atoms with Gasteiger partial charge in [0.15, 0.2) is 0 Å². The molecule has 0 spiro atoms. The summed E-state index contributed by atoms with van der Waals surface area (Å²) >= 11 is 0. The molecule has 266 valence electrons. The molecule has 6 atom stereocenters. The molecule has 2 saturated heterocycles. The normalized spacial score (nSPS) is 29.0. The molecule has 3 N–H and O–H groups in total. The first-order valence-electron chi connectivity index (χ1n) is 17.3. The van der Waals surface area contributed by atoms with Crippen molar-refractivity contribution in [1.82, 2.24) is 25.4 Å². The number of aliphatic carboxylic acids is 1. The van der Waals surface area contributed by atoms with E-state index in [1.165, 1.54) is 17.0 Å². The zero-order valence-electron chi connectivity index (χ0n) is 28.6. The molecule has 1 aliphatic carbocycles. The molecule has 1 aromatic heterocycles. The lowest BCUT2D eigenvalue weighted by atomic mass is 9.93. The fraction of sp³-hybridized carbons (Fsp3) is 0.514. The van der Waals surface area contributed by atoms with Gasteiger partial charge in [0, 0.05) is 43.0 Å². The van der Waals surface area contributed by atoms with Crippen LogP contribution in [-0.4, -0.2) is 92.5 Å². The topological polar surface area (TPSA) is 158 Å². The number of pyridine rings is 1. The van der Waals surface area contributed by atoms with Crippen molar-refractivity contribution in [2.75, 3.05) is 19.6 Å². The molecule has 0 bridgehead atoms. The minimum absolute atomic E-state index is 0.130. The van der Waals surface area contributed by atoms with E-state index < -0.39 is 58.8 Å². The van der Waals surface area contributed by atoms with Crippen molar-refractivity contribution in [3.63, 3.8) is 0 Å². The van der Waals surface area contributed by atoms with Crippen LogP contribution in [0.2, 0.25) is 0 Å². The average molecular weight is 690 g/mol. The number of rotatable bonds is 4. The highest BCUT2D eigenvalue weighted by Gasteiger charge is 2.62. The molecule has 1 saturated carbocycles. The van der Waals surface area contributed by atoms with Gasteiger partial charge in [-0.15, -0.1) is 0 Å². The van der Waals surface area contributed by atoms with Crippen molar-refractivity contribution in [3.8, 4) is 11.3 Å². The number of nitrogens with zero attached hydrogens (tertiary/aromatic N) is 3. The molecule has 0 unspecified atom stereocenters. The van der Waals surface area contributed by atoms with Crippen molar-refractivity contribution in [2.24, 2.45) is 17.8 Å². The van der Waals surface area contributed by atoms with E-state index in [1.54, 1.807) is 56.0 Å². The zero-order valence-corrected chi connectivity index (χ0v) is 28.6. The van der Waals surface area contributed by atoms with Crippen LogP contribution in [0.1, 0.15) is 69.8 Å². The number of halogens is 1. The zero-order chi connectivity index (χ0) is 35.8. The quantitative estimate of drug-likeness (QED) is 0.404. The summed E-state index contributed by atoms with van der Waals surface area (Å²) < 4.78 is 19.4. The van der Waals surface area contributed by atoms with Crippen molar-refractivity contribution < 1.29 is 38.2 Å². The van der Waals surface area contributed by atoms with Crippen molar-refractivity contribution >= 4 is 29.8 Å². The monoisotopic (exact) mass is 689 g/mol. The summed E-state index contributed by atoms with van der Waals surface area (Å²) in [5.41, 5.74) is -1.16. The minimum Gasteiger partial charge on any atom is -0.479 e. The summed E-state index contributed by atoms with van der Waals surface area (Å²) in [7, 11) is 0. The molecule has 4 heterocycles. The van der Waals surface area contributed by atoms with Gasteiger partial charge in [0.25, 0.3) is 5.91 Å². The maximum atomic E-state index is 14.3. The van der Waals surface area contributed by atoms with E-state index in [1.807, 2.05) is 12.2 Å². The first kappa shape index (κ1) is 35.0. The highest BCUT2D eigenvalue weighted by atomic mass is 19.1. The Labute approximate surface area is 290 Å². The molecule has 12 nitrogen and oxygen atoms in total. The molecule has 1 aromatic carbocycles. The van der Waals surface area contributed by atoms with Crippen LogP contribution in [0.3, 0.4) is 0 Å². The second-order valence-electron chi connectivity index (χ2n) is 14.8. The lowest BCUT2D eigenvalue weighted by Gasteiger charge is -2.33. The highest BCUT2D eigenvalue weighted by molar-refractivity contribution is 5.97. The van der Waals surface area contributed by atoms with Crippen LogP contribution in [0.25, 0.3) is 11.3 Å². The number of carboxylic acids is 1. The van der Waals surface area contributed by atoms with Crippen LogP contribution >= 0.6 is 0 Å². The summed E-state index contributed by atoms with van der Waals surface area (Å²) in [5, 5.41) is 15.7. The highest BCUT2D eigenvalue weighted by Crippen LogP contribution is 2.46. The Hall–Kier alpha value is -4.81. The molecule has 13 heteroatoms. The molecular weight excluding hydrogens is 645 g/mol. The number of hydrogen-bond donors (Lipinski definition) is 3. The number of nitrogens with one attached hydrogen (secondary N) is 2. The number of hydrogen-bond acceptors (Lipinski definition) is 7. The molecular formula is C37H44FN5O7. The number of aromatic nitrogens is 1. The fourth-order valence-electron chi connectivity index (χ4n) is 7.51. The third kappa shape index (κ3) is 7.36. The minimum atomic E-state index is -1.48. The fourth-order valence-corrected chi connectivity index (χ4v) is 7.51. The predicted molar refractivity (Wildman–Crippen MR) is 180 cm³/mol. The second-order valence-corrected chi connectivity index (χ2v) is 14.8. The third-order valence-corrected chi connectivity index (χ3v) is 10.1. The van der Waals surface area contributed by atoms with Crippen LogP contribution in [0.15, 0.2) is 54.6 Å². The first-order chi connectivity index (χ1) is 23.8. The van der Waals surface area contributed by atoms with E-state index in [0.29, 0.717) is 24.1 Å². The largest absolute Gasteiger partial charge is 0.479 e. The number of carboxylic acid groups (broad SMARTS) is 1. The Morgan fingerprint density at radius 1 is 1.06 bits per heavy atom. The lowest BCUT2D eigenvalue weighted by molar-refractivity contribution is -0.146. The van der Waals surface area contributed by atoms with Gasteiger partial charge in [-0.2, -0.15) is 0 Å². The predicted octanol–water partition coefficient (Wildman–Crippen LogP) is 4.16. The van der Waals surface area contributed by atoms with Gasteiger partial charge in [0.05, 0.1) is 5.69 Å². The Morgan fingerprint density at radius 2 is 1.84 bits per heavy atom. The van der Waals surface area contributed by atoms with Crippen LogP contribution in [0, 0.1) is 23.6 Å². The molecule has 0 radical (unpaired) electrons. The van der Waals surface area contributed by atoms with E-state index in [0.717, 1.165) is 19.3 Å². The van der Waals surface area contributed by atoms with Gasteiger partial charge in [0.1, 0.15) is 34.7 Å². The molecule has 50 heavy (non-hydrogen) atoms. The summed E-state index contributed by atoms with van der Waals surface area (Å²) in [6.07, 6.45) is 6.60. The lowest BCUT2D eigenvalue weighted by Crippen LogP contribution is -2.58. The van der Waals surface area contributed by atoms with Crippen molar-refractivity contribution in [3.05, 3.63) is 66.1 Å². The summed E-state index contributed by atoms with van der Waals surface area (Å²) in [4.78, 5) is 75.3. The SMILES string of the molecule is CC(C)(C)OC(=O)N[C@@H]1CCCCC/C=C\[C@@H]2C[C@@]2(C(=O)O)NC(=O)[C@@H]2[C@H]3CN(C(=O)c4cccc(-c5cccc(F)c5)n4)C[C@H]3CN2C1=O. The standard InChI is InChI=1S/C37H44FN5O7/c1-36(2,3)50-35(49)40-29-14-8-6-4-5-7-12-24-18-37(24,34(47)48)41-31(44)30-26-21-42(19-23(26)20-43(30)33(29)46)32(45)28-16-10-15-27(39-28)22-11-9-13-25(38)17-22/h7,9-13,15-17,23-24,26,29-30H,4-6,8,14,18-21H2,1-3H3,(H,40,49)(H,41,44)(H,47,48)/b12-7-/t23-,24+,26-,29+,30-,37+/m0/s1. The number of carbonyl (C=O) groups is 5. The maximum Gasteiger partial charge on any atom is 0.408 e. The van der Waals surface area contributed by atoms with E-state index in [-0.39, 0.29) is 49.5 Å². The van der Waals surface area contributed by atoms with E-state index in [4.69, 9.17) is 4.74 Å². The number of likely N-dealkylation sites (tertiary alicyclic amines) is 1. The van der Waals surface area contributed by atoms with E-state index in [9.17, 15) is 33.5 Å². The number of amides is 4. The maximum absolute atomic E-state index is 14.3. The van der Waals surface area contributed by atoms with Gasteiger partial charge in [0.2, 0.25) is 11.8 Å². The Kier molecular flexibility index (Phi) is 9.69. The van der Waals surface area contributed by atoms with Gasteiger partial charge in [-0.1, -0.05) is 43.2 Å². The van der Waals surface area contributed by atoms with Crippen LogP contribution in [0.4, 0.5) is 9.18 Å². The van der Waals surface area contributed by atoms with Gasteiger partial charge in [-0.25, -0.2) is 19.0 Å². The summed E-state index contributed by atoms with van der Waals surface area (Å²) in [6, 6.07) is 8.84. The second kappa shape index (κ2) is 13.8. The number of allylic oxidation sites excluding steroid dienone is 1. The van der Waals surface area contributed by atoms with Crippen LogP contribution < -0.4 is 10.6 Å². The molecule has 3 aliphatic heterocycles. The molecule has 4 aliphatic rings. The Balaban J connectivity index is 1.27. The molecule has 4 amide bonds. The third-order valence-electron chi connectivity index (χ3n) is 10.1. The first-order valence-corrected chi connectivity index (χ1v) is 17.3. The van der Waals surface area contributed by atoms with Gasteiger partial charge in [-0.05, 0) is 70.7 Å². The summed E-state index contributed by atoms with van der Waals surface area (Å²) in [6.45, 7) is 5.68. The Morgan fingerprint density at radius 3 is 2.58 bits per heavy atom. The smallest absolute Gasteiger partial charge is 0.408 e. The Bertz CT molecular complexity index is 1710. The molecule has 6 rings (SSSR count). The van der Waals surface area contributed by atoms with Crippen LogP contribution in [0.5, 0.6) is 0 Å². The summed E-state index contributed by atoms with van der Waals surface area (Å²) in [5.74, 6) is -4.15. The average Bonchev–Trinajstić information content (AvgIpc) is 3.41. The van der Waals surface area contributed by atoms with E-state index >= 15 is 0 Å². The van der Waals surface area contributed by atoms with Gasteiger partial charge < -0.3 is 30.3 Å². The van der Waals surface area contributed by atoms with Gasteiger partial charge in [-0.3, -0.25) is 14.4 Å². The van der Waals surface area contributed by atoms with Crippen molar-refractivity contribution in [1.29, 1.82) is 0 Å². The number of fused-ring (bicyclic) bond motifs is 4. The van der Waals surface area contributed by atoms with Gasteiger partial charge >= 0.3 is 12.1 Å². The number of benzene rings is 1. The molecule has 3 fully saturated rings. The number of alkyl carbamates (subject to hydrolysis) is 1. The van der Waals surface area contributed by atoms with Crippen LogP contribution in [-0.2, 0) is 19.1 Å². The molecule has 2 aromatic rings. The number of ether oxygens (including phenoxy) is 1. The van der Waals surface area contributed by atoms with E-state index in [2.05, 4.69) is 15.6 Å².